The van der Waals surface area contributed by atoms with E-state index in [0.29, 0.717) is 5.02 Å². The Labute approximate surface area is 171 Å². The first-order chi connectivity index (χ1) is 13.6. The zero-order valence-corrected chi connectivity index (χ0v) is 17.8. The molecular weight excluding hydrogens is 374 g/mol. The van der Waals surface area contributed by atoms with Gasteiger partial charge in [-0.2, -0.15) is 9.61 Å². The summed E-state index contributed by atoms with van der Waals surface area (Å²) in [7, 11) is 1.64. The van der Waals surface area contributed by atoms with Crippen molar-refractivity contribution in [3.63, 3.8) is 0 Å². The van der Waals surface area contributed by atoms with E-state index in [2.05, 4.69) is 41.7 Å². The summed E-state index contributed by atoms with van der Waals surface area (Å²) in [6.07, 6.45) is 3.94. The number of ether oxygens (including phenoxy) is 1. The zero-order valence-electron chi connectivity index (χ0n) is 17.0. The van der Waals surface area contributed by atoms with Crippen LogP contribution in [0.3, 0.4) is 0 Å². The Balaban J connectivity index is 2.11. The van der Waals surface area contributed by atoms with Gasteiger partial charge in [-0.15, -0.1) is 0 Å². The molecule has 0 bridgehead atoms. The van der Waals surface area contributed by atoms with Crippen LogP contribution in [0.4, 0.5) is 17.3 Å². The highest BCUT2D eigenvalue weighted by Crippen LogP contribution is 2.35. The Morgan fingerprint density at radius 2 is 1.82 bits per heavy atom. The predicted octanol–water partition coefficient (Wildman–Crippen LogP) is 5.18. The largest absolute Gasteiger partial charge is 0.497 e. The summed E-state index contributed by atoms with van der Waals surface area (Å²) in [5, 5.41) is 5.13. The highest BCUT2D eigenvalue weighted by molar-refractivity contribution is 6.33. The molecule has 0 aliphatic heterocycles. The van der Waals surface area contributed by atoms with Crippen molar-refractivity contribution in [1.29, 1.82) is 0 Å². The second-order valence-electron chi connectivity index (χ2n) is 6.62. The van der Waals surface area contributed by atoms with Crippen LogP contribution >= 0.6 is 11.6 Å². The standard InChI is InChI=1S/C21H28ClN5O/c1-5-12-25(13-6-2)21-15-20(24-19-10-11-23-27(19)21)26(7-3)18-9-8-16(28-4)14-17(18)22/h8-11,14-15H,5-7,12-13H2,1-4H3. The number of nitrogens with zero attached hydrogens (tertiary/aromatic N) is 5. The fraction of sp³-hybridized carbons (Fsp3) is 0.429. The molecule has 0 aliphatic rings. The molecular formula is C21H28ClN5O. The average Bonchev–Trinajstić information content (AvgIpc) is 3.17. The van der Waals surface area contributed by atoms with Crippen molar-refractivity contribution in [2.75, 3.05) is 36.5 Å². The lowest BCUT2D eigenvalue weighted by atomic mass is 10.2. The molecule has 1 aromatic carbocycles. The van der Waals surface area contributed by atoms with Gasteiger partial charge in [-0.05, 0) is 31.9 Å². The minimum Gasteiger partial charge on any atom is -0.497 e. The molecule has 2 heterocycles. The Morgan fingerprint density at radius 1 is 1.07 bits per heavy atom. The first-order valence-electron chi connectivity index (χ1n) is 9.83. The molecule has 0 radical (unpaired) electrons. The van der Waals surface area contributed by atoms with Crippen LogP contribution < -0.4 is 14.5 Å². The van der Waals surface area contributed by atoms with Gasteiger partial charge < -0.3 is 14.5 Å². The summed E-state index contributed by atoms with van der Waals surface area (Å²) in [5.74, 6) is 2.65. The van der Waals surface area contributed by atoms with Crippen molar-refractivity contribution in [3.8, 4) is 5.75 Å². The first-order valence-corrected chi connectivity index (χ1v) is 10.2. The lowest BCUT2D eigenvalue weighted by Crippen LogP contribution is -2.28. The van der Waals surface area contributed by atoms with Gasteiger partial charge in [0.05, 0.1) is 24.0 Å². The van der Waals surface area contributed by atoms with Crippen LogP contribution in [0, 0.1) is 0 Å². The molecule has 28 heavy (non-hydrogen) atoms. The number of rotatable bonds is 9. The van der Waals surface area contributed by atoms with E-state index in [0.717, 1.165) is 61.2 Å². The maximum Gasteiger partial charge on any atom is 0.159 e. The summed E-state index contributed by atoms with van der Waals surface area (Å²) < 4.78 is 7.20. The molecule has 0 atom stereocenters. The quantitative estimate of drug-likeness (QED) is 0.494. The lowest BCUT2D eigenvalue weighted by molar-refractivity contribution is 0.415. The lowest BCUT2D eigenvalue weighted by Gasteiger charge is -2.28. The van der Waals surface area contributed by atoms with Gasteiger partial charge in [0.1, 0.15) is 17.4 Å². The van der Waals surface area contributed by atoms with Crippen molar-refractivity contribution < 1.29 is 4.74 Å². The molecule has 3 aromatic rings. The van der Waals surface area contributed by atoms with Crippen molar-refractivity contribution in [1.82, 2.24) is 14.6 Å². The Kier molecular flexibility index (Phi) is 6.62. The second-order valence-corrected chi connectivity index (χ2v) is 7.03. The van der Waals surface area contributed by atoms with E-state index in [1.54, 1.807) is 13.3 Å². The molecule has 0 saturated carbocycles. The Bertz CT molecular complexity index is 920. The molecule has 0 aliphatic carbocycles. The van der Waals surface area contributed by atoms with Gasteiger partial charge in [0.25, 0.3) is 0 Å². The maximum atomic E-state index is 6.55. The molecule has 7 heteroatoms. The van der Waals surface area contributed by atoms with E-state index in [1.165, 1.54) is 0 Å². The fourth-order valence-electron chi connectivity index (χ4n) is 3.42. The SMILES string of the molecule is CCCN(CCC)c1cc(N(CC)c2ccc(OC)cc2Cl)nc2ccnn12. The normalized spacial score (nSPS) is 11.0. The number of hydrogen-bond acceptors (Lipinski definition) is 5. The van der Waals surface area contributed by atoms with Crippen LogP contribution in [0.25, 0.3) is 5.65 Å². The van der Waals surface area contributed by atoms with Crippen LogP contribution in [0.1, 0.15) is 33.6 Å². The van der Waals surface area contributed by atoms with Gasteiger partial charge >= 0.3 is 0 Å². The van der Waals surface area contributed by atoms with Gasteiger partial charge in [-0.25, -0.2) is 4.98 Å². The van der Waals surface area contributed by atoms with Crippen LogP contribution in [0.15, 0.2) is 36.5 Å². The molecule has 2 aromatic heterocycles. The number of anilines is 3. The van der Waals surface area contributed by atoms with Crippen molar-refractivity contribution >= 4 is 34.6 Å². The number of methoxy groups -OCH3 is 1. The first kappa shape index (κ1) is 20.3. The summed E-state index contributed by atoms with van der Waals surface area (Å²) >= 11 is 6.55. The van der Waals surface area contributed by atoms with Crippen LogP contribution in [-0.2, 0) is 0 Å². The zero-order chi connectivity index (χ0) is 20.1. The summed E-state index contributed by atoms with van der Waals surface area (Å²) in [6, 6.07) is 9.77. The molecule has 3 rings (SSSR count). The van der Waals surface area contributed by atoms with Gasteiger partial charge in [0.2, 0.25) is 0 Å². The Hall–Kier alpha value is -2.47. The smallest absolute Gasteiger partial charge is 0.159 e. The van der Waals surface area contributed by atoms with Crippen LogP contribution in [-0.4, -0.2) is 41.3 Å². The van der Waals surface area contributed by atoms with E-state index in [1.807, 2.05) is 28.8 Å². The van der Waals surface area contributed by atoms with Gasteiger partial charge in [0.15, 0.2) is 5.65 Å². The number of hydrogen-bond donors (Lipinski definition) is 0. The number of aromatic nitrogens is 3. The third-order valence-corrected chi connectivity index (χ3v) is 4.98. The third-order valence-electron chi connectivity index (χ3n) is 4.68. The van der Waals surface area contributed by atoms with Crippen molar-refractivity contribution in [2.45, 2.75) is 33.6 Å². The van der Waals surface area contributed by atoms with Crippen molar-refractivity contribution in [3.05, 3.63) is 41.6 Å². The topological polar surface area (TPSA) is 45.9 Å². The minimum absolute atomic E-state index is 0.636. The Morgan fingerprint density at radius 3 is 2.43 bits per heavy atom. The molecule has 0 fully saturated rings. The monoisotopic (exact) mass is 401 g/mol. The third kappa shape index (κ3) is 4.02. The van der Waals surface area contributed by atoms with Gasteiger partial charge in [-0.3, -0.25) is 0 Å². The average molecular weight is 402 g/mol. The van der Waals surface area contributed by atoms with Crippen molar-refractivity contribution in [2.24, 2.45) is 0 Å². The number of benzene rings is 1. The highest BCUT2D eigenvalue weighted by atomic mass is 35.5. The second kappa shape index (κ2) is 9.15. The van der Waals surface area contributed by atoms with Crippen LogP contribution in [0.5, 0.6) is 5.75 Å². The van der Waals surface area contributed by atoms with E-state index in [-0.39, 0.29) is 0 Å². The van der Waals surface area contributed by atoms with Gasteiger partial charge in [0, 0.05) is 37.8 Å². The molecule has 0 unspecified atom stereocenters. The summed E-state index contributed by atoms with van der Waals surface area (Å²) in [4.78, 5) is 9.33. The van der Waals surface area contributed by atoms with E-state index < -0.39 is 0 Å². The minimum atomic E-state index is 0.636. The van der Waals surface area contributed by atoms with Crippen LogP contribution in [0.2, 0.25) is 5.02 Å². The summed E-state index contributed by atoms with van der Waals surface area (Å²) in [5.41, 5.74) is 1.73. The molecule has 150 valence electrons. The van der Waals surface area contributed by atoms with E-state index >= 15 is 0 Å². The number of fused-ring (bicyclic) bond motifs is 1. The molecule has 0 spiro atoms. The molecule has 0 saturated heterocycles. The fourth-order valence-corrected chi connectivity index (χ4v) is 3.69. The molecule has 6 nitrogen and oxygen atoms in total. The van der Waals surface area contributed by atoms with E-state index in [4.69, 9.17) is 21.3 Å². The number of halogens is 1. The van der Waals surface area contributed by atoms with Gasteiger partial charge in [-0.1, -0.05) is 25.4 Å². The summed E-state index contributed by atoms with van der Waals surface area (Å²) in [6.45, 7) is 9.17. The maximum absolute atomic E-state index is 6.55. The van der Waals surface area contributed by atoms with E-state index in [9.17, 15) is 0 Å². The highest BCUT2D eigenvalue weighted by Gasteiger charge is 2.18. The molecule has 0 amide bonds. The predicted molar refractivity (Wildman–Crippen MR) is 116 cm³/mol. The molecule has 0 N–H and O–H groups in total.